The van der Waals surface area contributed by atoms with E-state index in [1.54, 1.807) is 25.3 Å². The van der Waals surface area contributed by atoms with Crippen LogP contribution in [0.15, 0.2) is 60.7 Å². The summed E-state index contributed by atoms with van der Waals surface area (Å²) in [5, 5.41) is 10.7. The number of benzene rings is 3. The SMILES string of the molecule is COc1ccc(CC(=O)c2c(OCc3ccccc3)cc3c(c2O)OCO3)cc1. The lowest BCUT2D eigenvalue weighted by atomic mass is 10.0. The van der Waals surface area contributed by atoms with E-state index in [1.165, 1.54) is 0 Å². The van der Waals surface area contributed by atoms with Crippen LogP contribution in [0, 0.1) is 0 Å². The molecule has 1 aliphatic rings. The molecule has 0 atom stereocenters. The van der Waals surface area contributed by atoms with E-state index in [0.717, 1.165) is 11.1 Å². The van der Waals surface area contributed by atoms with Gasteiger partial charge in [-0.25, -0.2) is 0 Å². The molecule has 0 aliphatic carbocycles. The van der Waals surface area contributed by atoms with Gasteiger partial charge in [-0.05, 0) is 23.3 Å². The lowest BCUT2D eigenvalue weighted by Gasteiger charge is -2.14. The Kier molecular flexibility index (Phi) is 5.24. The molecule has 0 saturated carbocycles. The molecule has 0 fully saturated rings. The second-order valence-electron chi connectivity index (χ2n) is 6.55. The van der Waals surface area contributed by atoms with Crippen molar-refractivity contribution in [3.05, 3.63) is 77.4 Å². The van der Waals surface area contributed by atoms with Gasteiger partial charge in [0.05, 0.1) is 7.11 Å². The fraction of sp³-hybridized carbons (Fsp3) is 0.174. The highest BCUT2D eigenvalue weighted by Crippen LogP contribution is 2.47. The molecule has 0 amide bonds. The average Bonchev–Trinajstić information content (AvgIpc) is 3.22. The molecule has 6 heteroatoms. The number of phenolic OH excluding ortho intramolecular Hbond substituents is 1. The minimum atomic E-state index is -0.283. The van der Waals surface area contributed by atoms with E-state index in [-0.39, 0.29) is 48.4 Å². The van der Waals surface area contributed by atoms with E-state index >= 15 is 0 Å². The van der Waals surface area contributed by atoms with Crippen LogP contribution >= 0.6 is 0 Å². The normalized spacial score (nSPS) is 11.9. The summed E-state index contributed by atoms with van der Waals surface area (Å²) in [6, 6.07) is 18.4. The minimum Gasteiger partial charge on any atom is -0.504 e. The summed E-state index contributed by atoms with van der Waals surface area (Å²) in [6.07, 6.45) is 0.0961. The van der Waals surface area contributed by atoms with Gasteiger partial charge in [-0.1, -0.05) is 42.5 Å². The molecule has 0 aromatic heterocycles. The highest BCUT2D eigenvalue weighted by molar-refractivity contribution is 6.03. The van der Waals surface area contributed by atoms with Crippen molar-refractivity contribution < 1.29 is 28.8 Å². The average molecular weight is 392 g/mol. The van der Waals surface area contributed by atoms with Gasteiger partial charge in [0.25, 0.3) is 0 Å². The number of rotatable bonds is 7. The predicted molar refractivity (Wildman–Crippen MR) is 106 cm³/mol. The smallest absolute Gasteiger partial charge is 0.231 e. The summed E-state index contributed by atoms with van der Waals surface area (Å²) in [4.78, 5) is 13.1. The number of carbonyl (C=O) groups excluding carboxylic acids is 1. The topological polar surface area (TPSA) is 74.2 Å². The van der Waals surface area contributed by atoms with E-state index < -0.39 is 0 Å². The van der Waals surface area contributed by atoms with Gasteiger partial charge in [0.1, 0.15) is 23.7 Å². The number of fused-ring (bicyclic) bond motifs is 1. The Bertz CT molecular complexity index is 1010. The number of phenols is 1. The summed E-state index contributed by atoms with van der Waals surface area (Å²) in [7, 11) is 1.58. The maximum Gasteiger partial charge on any atom is 0.231 e. The van der Waals surface area contributed by atoms with Crippen LogP contribution < -0.4 is 18.9 Å². The molecule has 1 aliphatic heterocycles. The Balaban J connectivity index is 1.63. The molecule has 0 saturated heterocycles. The molecule has 0 bridgehead atoms. The third-order valence-corrected chi connectivity index (χ3v) is 4.64. The van der Waals surface area contributed by atoms with Gasteiger partial charge in [-0.2, -0.15) is 0 Å². The van der Waals surface area contributed by atoms with Gasteiger partial charge in [0.2, 0.25) is 12.5 Å². The monoisotopic (exact) mass is 392 g/mol. The van der Waals surface area contributed by atoms with Crippen LogP contribution in [0.2, 0.25) is 0 Å². The number of hydrogen-bond acceptors (Lipinski definition) is 6. The van der Waals surface area contributed by atoms with Crippen molar-refractivity contribution in [1.82, 2.24) is 0 Å². The number of aromatic hydroxyl groups is 1. The lowest BCUT2D eigenvalue weighted by Crippen LogP contribution is -2.08. The molecular weight excluding hydrogens is 372 g/mol. The zero-order valence-corrected chi connectivity index (χ0v) is 15.9. The van der Waals surface area contributed by atoms with Gasteiger partial charge in [-0.15, -0.1) is 0 Å². The first kappa shape index (κ1) is 18.7. The highest BCUT2D eigenvalue weighted by Gasteiger charge is 2.28. The molecule has 1 heterocycles. The second kappa shape index (κ2) is 8.14. The zero-order chi connectivity index (χ0) is 20.2. The van der Waals surface area contributed by atoms with Crippen molar-refractivity contribution in [2.75, 3.05) is 13.9 Å². The van der Waals surface area contributed by atoms with Crippen LogP contribution in [0.4, 0.5) is 0 Å². The fourth-order valence-corrected chi connectivity index (χ4v) is 3.14. The molecule has 3 aromatic carbocycles. The third kappa shape index (κ3) is 3.96. The maximum absolute atomic E-state index is 13.1. The Morgan fingerprint density at radius 3 is 2.52 bits per heavy atom. The van der Waals surface area contributed by atoms with Gasteiger partial charge >= 0.3 is 0 Å². The van der Waals surface area contributed by atoms with Crippen molar-refractivity contribution in [3.8, 4) is 28.7 Å². The minimum absolute atomic E-state index is 0.0167. The zero-order valence-electron chi connectivity index (χ0n) is 15.9. The fourth-order valence-electron chi connectivity index (χ4n) is 3.14. The van der Waals surface area contributed by atoms with Crippen molar-refractivity contribution in [3.63, 3.8) is 0 Å². The summed E-state index contributed by atoms with van der Waals surface area (Å²) < 4.78 is 21.7. The second-order valence-corrected chi connectivity index (χ2v) is 6.55. The quantitative estimate of drug-likeness (QED) is 0.610. The molecule has 4 rings (SSSR count). The van der Waals surface area contributed by atoms with E-state index in [9.17, 15) is 9.90 Å². The third-order valence-electron chi connectivity index (χ3n) is 4.64. The Morgan fingerprint density at radius 1 is 1.03 bits per heavy atom. The maximum atomic E-state index is 13.1. The van der Waals surface area contributed by atoms with Crippen molar-refractivity contribution in [2.24, 2.45) is 0 Å². The van der Waals surface area contributed by atoms with Crippen molar-refractivity contribution in [1.29, 1.82) is 0 Å². The number of methoxy groups -OCH3 is 1. The largest absolute Gasteiger partial charge is 0.504 e. The summed E-state index contributed by atoms with van der Waals surface area (Å²) in [6.45, 7) is 0.236. The molecule has 29 heavy (non-hydrogen) atoms. The molecule has 148 valence electrons. The Morgan fingerprint density at radius 2 is 1.79 bits per heavy atom. The number of carbonyl (C=O) groups is 1. The highest BCUT2D eigenvalue weighted by atomic mass is 16.7. The van der Waals surface area contributed by atoms with Gasteiger partial charge in [0.15, 0.2) is 17.3 Å². The van der Waals surface area contributed by atoms with E-state index in [2.05, 4.69) is 0 Å². The number of Topliss-reactive ketones (excluding diaryl/α,β-unsaturated/α-hetero) is 1. The van der Waals surface area contributed by atoms with Crippen molar-refractivity contribution >= 4 is 5.78 Å². The van der Waals surface area contributed by atoms with Crippen LogP contribution in [-0.2, 0) is 13.0 Å². The van der Waals surface area contributed by atoms with Crippen LogP contribution in [-0.4, -0.2) is 24.8 Å². The molecule has 1 N–H and O–H groups in total. The van der Waals surface area contributed by atoms with Crippen LogP contribution in [0.1, 0.15) is 21.5 Å². The molecule has 3 aromatic rings. The standard InChI is InChI=1S/C23H20O6/c1-26-17-9-7-15(8-10-17)11-18(24)21-19(27-13-16-5-3-2-4-6-16)12-20-23(22(21)25)29-14-28-20/h2-10,12,25H,11,13-14H2,1H3. The number of ether oxygens (including phenoxy) is 4. The van der Waals surface area contributed by atoms with E-state index in [0.29, 0.717) is 11.5 Å². The van der Waals surface area contributed by atoms with Gasteiger partial charge in [-0.3, -0.25) is 4.79 Å². The molecule has 0 unspecified atom stereocenters. The van der Waals surface area contributed by atoms with Crippen molar-refractivity contribution in [2.45, 2.75) is 13.0 Å². The lowest BCUT2D eigenvalue weighted by molar-refractivity contribution is 0.0985. The Labute approximate surface area is 168 Å². The van der Waals surface area contributed by atoms with E-state index in [4.69, 9.17) is 18.9 Å². The van der Waals surface area contributed by atoms with E-state index in [1.807, 2.05) is 42.5 Å². The van der Waals surface area contributed by atoms with Crippen LogP contribution in [0.3, 0.4) is 0 Å². The summed E-state index contributed by atoms with van der Waals surface area (Å²) in [5.74, 6) is 0.936. The molecule has 6 nitrogen and oxygen atoms in total. The van der Waals surface area contributed by atoms with Crippen LogP contribution in [0.25, 0.3) is 0 Å². The molecule has 0 spiro atoms. The molecular formula is C23H20O6. The predicted octanol–water partition coefficient (Wildman–Crippen LogP) is 4.13. The first-order chi connectivity index (χ1) is 14.2. The number of hydrogen-bond donors (Lipinski definition) is 1. The first-order valence-corrected chi connectivity index (χ1v) is 9.14. The number of ketones is 1. The van der Waals surface area contributed by atoms with Gasteiger partial charge in [0, 0.05) is 12.5 Å². The van der Waals surface area contributed by atoms with Crippen LogP contribution in [0.5, 0.6) is 28.7 Å². The summed E-state index contributed by atoms with van der Waals surface area (Å²) in [5.41, 5.74) is 1.82. The van der Waals surface area contributed by atoms with Gasteiger partial charge < -0.3 is 24.1 Å². The Hall–Kier alpha value is -3.67. The molecule has 0 radical (unpaired) electrons. The summed E-state index contributed by atoms with van der Waals surface area (Å²) >= 11 is 0. The first-order valence-electron chi connectivity index (χ1n) is 9.14.